The van der Waals surface area contributed by atoms with Crippen LogP contribution in [0.15, 0.2) is 48.8 Å². The van der Waals surface area contributed by atoms with E-state index in [-0.39, 0.29) is 5.69 Å². The Bertz CT molecular complexity index is 543. The summed E-state index contributed by atoms with van der Waals surface area (Å²) in [6.07, 6.45) is 3.62. The van der Waals surface area contributed by atoms with E-state index in [0.717, 1.165) is 25.3 Å². The smallest absolute Gasteiger partial charge is 0.269 e. The predicted molar refractivity (Wildman–Crippen MR) is 76.3 cm³/mol. The van der Waals surface area contributed by atoms with Gasteiger partial charge in [-0.1, -0.05) is 6.07 Å². The van der Waals surface area contributed by atoms with E-state index in [1.165, 1.54) is 17.7 Å². The van der Waals surface area contributed by atoms with Gasteiger partial charge >= 0.3 is 0 Å². The van der Waals surface area contributed by atoms with Crippen LogP contribution in [0.5, 0.6) is 0 Å². The first-order chi connectivity index (χ1) is 9.75. The summed E-state index contributed by atoms with van der Waals surface area (Å²) >= 11 is 0. The number of nitrogens with two attached hydrogens (primary N) is 1. The normalized spacial score (nSPS) is 10.2. The highest BCUT2D eigenvalue weighted by Crippen LogP contribution is 2.14. The fraction of sp³-hybridized carbons (Fsp3) is 0.214. The van der Waals surface area contributed by atoms with Gasteiger partial charge in [-0.05, 0) is 18.2 Å². The highest BCUT2D eigenvalue weighted by molar-refractivity contribution is 5.48. The Kier molecular flexibility index (Phi) is 5.02. The molecule has 2 aromatic rings. The lowest BCUT2D eigenvalue weighted by Crippen LogP contribution is -2.83. The van der Waals surface area contributed by atoms with Crippen LogP contribution in [0.3, 0.4) is 0 Å². The molecule has 1 aromatic carbocycles. The Balaban J connectivity index is 1.67. The van der Waals surface area contributed by atoms with Crippen molar-refractivity contribution in [3.63, 3.8) is 0 Å². The number of rotatable bonds is 7. The van der Waals surface area contributed by atoms with Crippen LogP contribution in [-0.2, 0) is 6.54 Å². The third-order valence-corrected chi connectivity index (χ3v) is 2.86. The van der Waals surface area contributed by atoms with Crippen LogP contribution in [0.1, 0.15) is 5.56 Å². The maximum absolute atomic E-state index is 10.5. The zero-order valence-electron chi connectivity index (χ0n) is 11.0. The molecule has 0 aliphatic rings. The van der Waals surface area contributed by atoms with Gasteiger partial charge in [0.2, 0.25) is 0 Å². The van der Waals surface area contributed by atoms with E-state index >= 15 is 0 Å². The summed E-state index contributed by atoms with van der Waals surface area (Å²) in [6, 6.07) is 10.4. The minimum atomic E-state index is -0.397. The number of nitrogens with one attached hydrogen (secondary N) is 1. The van der Waals surface area contributed by atoms with E-state index in [4.69, 9.17) is 0 Å². The Hall–Kier alpha value is -2.47. The summed E-state index contributed by atoms with van der Waals surface area (Å²) in [4.78, 5) is 14.2. The number of nitro benzene ring substituents is 1. The highest BCUT2D eigenvalue weighted by Gasteiger charge is 2.03. The van der Waals surface area contributed by atoms with Crippen molar-refractivity contribution < 1.29 is 10.2 Å². The minimum Gasteiger partial charge on any atom is -0.379 e. The molecule has 2 rings (SSSR count). The Labute approximate surface area is 117 Å². The minimum absolute atomic E-state index is 0.110. The number of aromatic nitrogens is 1. The van der Waals surface area contributed by atoms with Crippen molar-refractivity contribution in [2.45, 2.75) is 6.54 Å². The van der Waals surface area contributed by atoms with Gasteiger partial charge in [0.15, 0.2) is 0 Å². The Morgan fingerprint density at radius 1 is 1.25 bits per heavy atom. The highest BCUT2D eigenvalue weighted by atomic mass is 16.6. The molecule has 0 spiro atoms. The summed E-state index contributed by atoms with van der Waals surface area (Å²) in [5.74, 6) is 0. The lowest BCUT2D eigenvalue weighted by Gasteiger charge is -2.05. The number of nitrogens with zero attached hydrogens (tertiary/aromatic N) is 2. The van der Waals surface area contributed by atoms with Crippen molar-refractivity contribution >= 4 is 11.4 Å². The number of pyridine rings is 1. The summed E-state index contributed by atoms with van der Waals surface area (Å²) in [6.45, 7) is 2.62. The number of anilines is 1. The number of nitro groups is 1. The Morgan fingerprint density at radius 3 is 2.70 bits per heavy atom. The molecule has 0 aliphatic heterocycles. The van der Waals surface area contributed by atoms with Gasteiger partial charge in [0, 0.05) is 35.8 Å². The van der Waals surface area contributed by atoms with Crippen molar-refractivity contribution in [1.29, 1.82) is 0 Å². The molecule has 1 heterocycles. The molecule has 104 valence electrons. The second-order valence-corrected chi connectivity index (χ2v) is 4.37. The summed E-state index contributed by atoms with van der Waals surface area (Å²) in [5, 5.41) is 15.9. The van der Waals surface area contributed by atoms with Gasteiger partial charge in [0.25, 0.3) is 5.69 Å². The number of quaternary nitrogens is 1. The molecule has 0 amide bonds. The first kappa shape index (κ1) is 14.0. The number of hydrogen-bond acceptors (Lipinski definition) is 4. The largest absolute Gasteiger partial charge is 0.379 e. The molecule has 0 saturated carbocycles. The zero-order chi connectivity index (χ0) is 14.2. The monoisotopic (exact) mass is 273 g/mol. The second kappa shape index (κ2) is 7.20. The van der Waals surface area contributed by atoms with E-state index in [0.29, 0.717) is 0 Å². The SMILES string of the molecule is O=[N+]([O-])c1ccc(NCC[NH2+]Cc2cccnc2)cc1. The fourth-order valence-corrected chi connectivity index (χ4v) is 1.81. The van der Waals surface area contributed by atoms with Crippen LogP contribution in [0, 0.1) is 10.1 Å². The van der Waals surface area contributed by atoms with E-state index in [9.17, 15) is 10.1 Å². The van der Waals surface area contributed by atoms with Crippen molar-refractivity contribution in [3.05, 3.63) is 64.5 Å². The van der Waals surface area contributed by atoms with Crippen LogP contribution in [-0.4, -0.2) is 23.0 Å². The van der Waals surface area contributed by atoms with Crippen LogP contribution >= 0.6 is 0 Å². The molecule has 6 nitrogen and oxygen atoms in total. The standard InChI is InChI=1S/C14H16N4O2/c19-18(20)14-5-3-13(4-6-14)17-9-8-16-11-12-2-1-7-15-10-12/h1-7,10,16-17H,8-9,11H2/p+1. The maximum atomic E-state index is 10.5. The molecule has 0 radical (unpaired) electrons. The molecule has 1 aromatic heterocycles. The summed E-state index contributed by atoms with van der Waals surface area (Å²) < 4.78 is 0. The molecule has 6 heteroatoms. The van der Waals surface area contributed by atoms with Crippen LogP contribution in [0.4, 0.5) is 11.4 Å². The van der Waals surface area contributed by atoms with Crippen molar-refractivity contribution in [1.82, 2.24) is 4.98 Å². The third kappa shape index (κ3) is 4.33. The van der Waals surface area contributed by atoms with E-state index in [2.05, 4.69) is 15.6 Å². The van der Waals surface area contributed by atoms with Gasteiger partial charge in [0.05, 0.1) is 18.0 Å². The second-order valence-electron chi connectivity index (χ2n) is 4.37. The van der Waals surface area contributed by atoms with E-state index in [1.807, 2.05) is 18.3 Å². The first-order valence-electron chi connectivity index (χ1n) is 6.44. The molecule has 3 N–H and O–H groups in total. The molecule has 0 bridgehead atoms. The van der Waals surface area contributed by atoms with Gasteiger partial charge < -0.3 is 10.6 Å². The quantitative estimate of drug-likeness (QED) is 0.450. The van der Waals surface area contributed by atoms with E-state index < -0.39 is 4.92 Å². The van der Waals surface area contributed by atoms with Gasteiger partial charge in [-0.2, -0.15) is 0 Å². The molecule has 0 atom stereocenters. The topological polar surface area (TPSA) is 84.7 Å². The predicted octanol–water partition coefficient (Wildman–Crippen LogP) is 1.17. The van der Waals surface area contributed by atoms with Gasteiger partial charge in [-0.3, -0.25) is 15.1 Å². The third-order valence-electron chi connectivity index (χ3n) is 2.86. The molecule has 0 saturated heterocycles. The number of hydrogen-bond donors (Lipinski definition) is 2. The van der Waals surface area contributed by atoms with Crippen molar-refractivity contribution in [3.8, 4) is 0 Å². The van der Waals surface area contributed by atoms with Crippen molar-refractivity contribution in [2.75, 3.05) is 18.4 Å². The molecule has 0 fully saturated rings. The summed E-state index contributed by atoms with van der Waals surface area (Å²) in [7, 11) is 0. The molecular weight excluding hydrogens is 256 g/mol. The van der Waals surface area contributed by atoms with Crippen LogP contribution in [0.2, 0.25) is 0 Å². The van der Waals surface area contributed by atoms with Crippen molar-refractivity contribution in [2.24, 2.45) is 0 Å². The lowest BCUT2D eigenvalue weighted by atomic mass is 10.3. The fourth-order valence-electron chi connectivity index (χ4n) is 1.81. The van der Waals surface area contributed by atoms with Crippen LogP contribution < -0.4 is 10.6 Å². The zero-order valence-corrected chi connectivity index (χ0v) is 11.0. The molecule has 0 unspecified atom stereocenters. The maximum Gasteiger partial charge on any atom is 0.269 e. The molecule has 0 aliphatic carbocycles. The summed E-state index contributed by atoms with van der Waals surface area (Å²) in [5.41, 5.74) is 2.20. The Morgan fingerprint density at radius 2 is 2.05 bits per heavy atom. The van der Waals surface area contributed by atoms with Gasteiger partial charge in [0.1, 0.15) is 6.54 Å². The van der Waals surface area contributed by atoms with Gasteiger partial charge in [-0.25, -0.2) is 0 Å². The van der Waals surface area contributed by atoms with E-state index in [1.54, 1.807) is 18.3 Å². The van der Waals surface area contributed by atoms with Crippen LogP contribution in [0.25, 0.3) is 0 Å². The average Bonchev–Trinajstić information content (AvgIpc) is 2.48. The average molecular weight is 273 g/mol. The lowest BCUT2D eigenvalue weighted by molar-refractivity contribution is -0.668. The first-order valence-corrected chi connectivity index (χ1v) is 6.44. The molecule has 20 heavy (non-hydrogen) atoms. The number of benzene rings is 1. The number of non-ortho nitro benzene ring substituents is 1. The van der Waals surface area contributed by atoms with Gasteiger partial charge in [-0.15, -0.1) is 0 Å². The molecular formula is C14H17N4O2+.